The van der Waals surface area contributed by atoms with Crippen LogP contribution in [0.3, 0.4) is 0 Å². The van der Waals surface area contributed by atoms with E-state index in [1.54, 1.807) is 0 Å². The number of hydrogen-bond donors (Lipinski definition) is 2. The topological polar surface area (TPSA) is 60.6 Å². The summed E-state index contributed by atoms with van der Waals surface area (Å²) in [5.41, 5.74) is 1.66. The molecule has 6 nitrogen and oxygen atoms in total. The van der Waals surface area contributed by atoms with Crippen molar-refractivity contribution in [2.24, 2.45) is 0 Å². The smallest absolute Gasteiger partial charge is 0.270 e. The molecule has 2 aliphatic heterocycles. The number of carbonyl (C=O) groups is 1. The number of halogens is 2. The third kappa shape index (κ3) is 5.64. The van der Waals surface area contributed by atoms with Gasteiger partial charge in [0, 0.05) is 43.1 Å². The zero-order valence-corrected chi connectivity index (χ0v) is 18.7. The lowest BCUT2D eigenvalue weighted by Crippen LogP contribution is -2.55. The summed E-state index contributed by atoms with van der Waals surface area (Å²) in [4.78, 5) is 20.6. The summed E-state index contributed by atoms with van der Waals surface area (Å²) in [5, 5.41) is 4.49. The van der Waals surface area contributed by atoms with Gasteiger partial charge in [-0.2, -0.15) is 0 Å². The maximum atomic E-state index is 12.9. The minimum absolute atomic E-state index is 0. The molecule has 0 spiro atoms. The highest BCUT2D eigenvalue weighted by molar-refractivity contribution is 5.98. The predicted octanol–water partition coefficient (Wildman–Crippen LogP) is 3.27. The van der Waals surface area contributed by atoms with Gasteiger partial charge in [0.1, 0.15) is 11.9 Å². The van der Waals surface area contributed by atoms with Crippen molar-refractivity contribution in [2.75, 3.05) is 32.7 Å². The third-order valence-electron chi connectivity index (χ3n) is 5.75. The van der Waals surface area contributed by atoms with Gasteiger partial charge in [-0.05, 0) is 38.8 Å². The van der Waals surface area contributed by atoms with E-state index in [2.05, 4.69) is 29.0 Å². The van der Waals surface area contributed by atoms with Crippen molar-refractivity contribution in [3.05, 3.63) is 36.0 Å². The molecular formula is C21H32Cl2N4O2. The van der Waals surface area contributed by atoms with Gasteiger partial charge in [0.25, 0.3) is 5.91 Å². The van der Waals surface area contributed by atoms with Crippen molar-refractivity contribution in [1.29, 1.82) is 0 Å². The Balaban J connectivity index is 0.00000150. The second-order valence-electron chi connectivity index (χ2n) is 7.93. The van der Waals surface area contributed by atoms with Gasteiger partial charge in [0.2, 0.25) is 0 Å². The number of aromatic amines is 1. The van der Waals surface area contributed by atoms with Crippen LogP contribution in [-0.2, 0) is 4.74 Å². The molecule has 2 aliphatic rings. The van der Waals surface area contributed by atoms with Gasteiger partial charge in [0.15, 0.2) is 0 Å². The number of carbonyl (C=O) groups excluding carboxylic acids is 1. The van der Waals surface area contributed by atoms with E-state index in [0.29, 0.717) is 24.8 Å². The van der Waals surface area contributed by atoms with Crippen LogP contribution in [0.15, 0.2) is 30.3 Å². The molecule has 8 heteroatoms. The van der Waals surface area contributed by atoms with Gasteiger partial charge < -0.3 is 19.5 Å². The molecule has 162 valence electrons. The number of fused-ring (bicyclic) bond motifs is 1. The second-order valence-corrected chi connectivity index (χ2v) is 7.93. The first-order valence-electron chi connectivity index (χ1n) is 10.1. The number of nitrogens with one attached hydrogen (secondary N) is 2. The number of benzene rings is 1. The van der Waals surface area contributed by atoms with Crippen LogP contribution < -0.4 is 5.32 Å². The molecular weight excluding hydrogens is 411 g/mol. The van der Waals surface area contributed by atoms with E-state index in [1.165, 1.54) is 0 Å². The molecule has 1 atom stereocenters. The van der Waals surface area contributed by atoms with Crippen LogP contribution in [0.2, 0.25) is 0 Å². The number of rotatable bonds is 4. The fourth-order valence-corrected chi connectivity index (χ4v) is 4.11. The summed E-state index contributed by atoms with van der Waals surface area (Å²) in [6.07, 6.45) is 2.32. The van der Waals surface area contributed by atoms with Crippen LogP contribution in [0.25, 0.3) is 10.9 Å². The lowest BCUT2D eigenvalue weighted by molar-refractivity contribution is -0.0775. The normalized spacial score (nSPS) is 21.1. The molecule has 1 aromatic heterocycles. The number of hydrogen-bond acceptors (Lipinski definition) is 4. The molecule has 3 heterocycles. The number of likely N-dealkylation sites (tertiary alicyclic amines) is 1. The minimum Gasteiger partial charge on any atom is -0.358 e. The molecule has 0 saturated carbocycles. The number of aromatic nitrogens is 1. The van der Waals surface area contributed by atoms with E-state index in [-0.39, 0.29) is 43.1 Å². The SMILES string of the molecule is CC(C)N1CCC(OC2CN(C(=O)c3cc4ccccc4[nH]3)CCN2)CC1.Cl.Cl. The summed E-state index contributed by atoms with van der Waals surface area (Å²) in [5.74, 6) is 0.0518. The zero-order valence-electron chi connectivity index (χ0n) is 17.1. The predicted molar refractivity (Wildman–Crippen MR) is 121 cm³/mol. The molecule has 1 unspecified atom stereocenters. The van der Waals surface area contributed by atoms with Crippen molar-refractivity contribution < 1.29 is 9.53 Å². The summed E-state index contributed by atoms with van der Waals surface area (Å²) in [6.45, 7) is 8.74. The average Bonchev–Trinajstić information content (AvgIpc) is 3.12. The first kappa shape index (κ1) is 24.0. The van der Waals surface area contributed by atoms with Gasteiger partial charge in [-0.3, -0.25) is 10.1 Å². The van der Waals surface area contributed by atoms with E-state index in [9.17, 15) is 4.79 Å². The van der Waals surface area contributed by atoms with Crippen LogP contribution in [-0.4, -0.2) is 71.8 Å². The highest BCUT2D eigenvalue weighted by atomic mass is 35.5. The van der Waals surface area contributed by atoms with E-state index in [1.807, 2.05) is 35.2 Å². The van der Waals surface area contributed by atoms with Crippen molar-refractivity contribution in [3.8, 4) is 0 Å². The Bertz CT molecular complexity index is 757. The van der Waals surface area contributed by atoms with E-state index in [4.69, 9.17) is 4.74 Å². The van der Waals surface area contributed by atoms with Crippen molar-refractivity contribution in [1.82, 2.24) is 20.1 Å². The molecule has 1 aromatic carbocycles. The number of piperazine rings is 1. The Kier molecular flexibility index (Phi) is 8.79. The number of para-hydroxylation sites is 1. The number of ether oxygens (including phenoxy) is 1. The van der Waals surface area contributed by atoms with Crippen LogP contribution >= 0.6 is 24.8 Å². The summed E-state index contributed by atoms with van der Waals surface area (Å²) < 4.78 is 6.29. The lowest BCUT2D eigenvalue weighted by atomic mass is 10.1. The largest absolute Gasteiger partial charge is 0.358 e. The number of H-pyrrole nitrogens is 1. The maximum absolute atomic E-state index is 12.9. The van der Waals surface area contributed by atoms with Crippen molar-refractivity contribution in [3.63, 3.8) is 0 Å². The minimum atomic E-state index is -0.0809. The Hall–Kier alpha value is -1.31. The molecule has 0 aliphatic carbocycles. The number of nitrogens with zero attached hydrogens (tertiary/aromatic N) is 2. The zero-order chi connectivity index (χ0) is 18.8. The average molecular weight is 443 g/mol. The molecule has 1 amide bonds. The Labute approximate surface area is 185 Å². The van der Waals surface area contributed by atoms with E-state index < -0.39 is 0 Å². The maximum Gasteiger partial charge on any atom is 0.270 e. The molecule has 2 fully saturated rings. The third-order valence-corrected chi connectivity index (χ3v) is 5.75. The Morgan fingerprint density at radius 1 is 1.14 bits per heavy atom. The lowest BCUT2D eigenvalue weighted by Gasteiger charge is -2.39. The van der Waals surface area contributed by atoms with Gasteiger partial charge in [-0.1, -0.05) is 18.2 Å². The molecule has 2 aromatic rings. The van der Waals surface area contributed by atoms with E-state index >= 15 is 0 Å². The number of piperidine rings is 1. The standard InChI is InChI=1S/C21H30N4O2.2ClH/c1-15(2)24-10-7-17(8-11-24)27-20-14-25(12-9-22-20)21(26)19-13-16-5-3-4-6-18(16)23-19;;/h3-6,13,15,17,20,22-23H,7-12,14H2,1-2H3;2*1H. The first-order valence-corrected chi connectivity index (χ1v) is 10.1. The molecule has 0 radical (unpaired) electrons. The molecule has 29 heavy (non-hydrogen) atoms. The Morgan fingerprint density at radius 3 is 2.55 bits per heavy atom. The molecule has 4 rings (SSSR count). The monoisotopic (exact) mass is 442 g/mol. The highest BCUT2D eigenvalue weighted by Crippen LogP contribution is 2.19. The van der Waals surface area contributed by atoms with Crippen molar-refractivity contribution in [2.45, 2.75) is 45.1 Å². The van der Waals surface area contributed by atoms with Crippen LogP contribution in [0.5, 0.6) is 0 Å². The summed E-state index contributed by atoms with van der Waals surface area (Å²) in [6, 6.07) is 10.5. The Morgan fingerprint density at radius 2 is 1.86 bits per heavy atom. The quantitative estimate of drug-likeness (QED) is 0.762. The fourth-order valence-electron chi connectivity index (χ4n) is 4.11. The second kappa shape index (κ2) is 10.6. The van der Waals surface area contributed by atoms with Crippen LogP contribution in [0.4, 0.5) is 0 Å². The van der Waals surface area contributed by atoms with Crippen LogP contribution in [0.1, 0.15) is 37.2 Å². The van der Waals surface area contributed by atoms with Gasteiger partial charge in [-0.25, -0.2) is 0 Å². The van der Waals surface area contributed by atoms with Gasteiger partial charge >= 0.3 is 0 Å². The summed E-state index contributed by atoms with van der Waals surface area (Å²) in [7, 11) is 0. The molecule has 2 N–H and O–H groups in total. The van der Waals surface area contributed by atoms with Crippen molar-refractivity contribution >= 4 is 41.6 Å². The summed E-state index contributed by atoms with van der Waals surface area (Å²) >= 11 is 0. The first-order chi connectivity index (χ1) is 13.1. The van der Waals surface area contributed by atoms with Gasteiger partial charge in [0.05, 0.1) is 12.6 Å². The highest BCUT2D eigenvalue weighted by Gasteiger charge is 2.29. The van der Waals surface area contributed by atoms with Gasteiger partial charge in [-0.15, -0.1) is 24.8 Å². The van der Waals surface area contributed by atoms with E-state index in [0.717, 1.165) is 43.4 Å². The molecule has 0 bridgehead atoms. The number of amides is 1. The molecule has 2 saturated heterocycles. The fraction of sp³-hybridized carbons (Fsp3) is 0.571. The van der Waals surface area contributed by atoms with Crippen LogP contribution in [0, 0.1) is 0 Å².